The second kappa shape index (κ2) is 9.96. The number of carbonyl (C=O) groups excluding carboxylic acids is 1. The molecule has 1 fully saturated rings. The normalized spacial score (nSPS) is 14.8. The number of hydrogen-bond donors (Lipinski definition) is 0. The number of carbonyl (C=O) groups is 1. The van der Waals surface area contributed by atoms with Gasteiger partial charge < -0.3 is 9.47 Å². The molecule has 0 saturated carbocycles. The van der Waals surface area contributed by atoms with Gasteiger partial charge in [-0.25, -0.2) is 14.6 Å². The van der Waals surface area contributed by atoms with Crippen LogP contribution in [0.1, 0.15) is 13.3 Å². The number of fused-ring (bicyclic) bond motifs is 1. The van der Waals surface area contributed by atoms with Crippen molar-refractivity contribution in [3.8, 4) is 5.75 Å². The largest absolute Gasteiger partial charge is 0.494 e. The Balaban J connectivity index is 1.50. The lowest BCUT2D eigenvalue weighted by atomic mass is 10.3. The van der Waals surface area contributed by atoms with E-state index < -0.39 is 0 Å². The average Bonchev–Trinajstić information content (AvgIpc) is 3.41. The van der Waals surface area contributed by atoms with Crippen molar-refractivity contribution in [1.82, 2.24) is 24.6 Å². The van der Waals surface area contributed by atoms with E-state index in [0.29, 0.717) is 18.3 Å². The van der Waals surface area contributed by atoms with Gasteiger partial charge in [0, 0.05) is 26.2 Å². The summed E-state index contributed by atoms with van der Waals surface area (Å²) in [7, 11) is 0. The highest BCUT2D eigenvalue weighted by Crippen LogP contribution is 2.32. The van der Waals surface area contributed by atoms with Crippen LogP contribution in [0.4, 0.5) is 5.13 Å². The van der Waals surface area contributed by atoms with E-state index in [1.807, 2.05) is 25.1 Å². The Morgan fingerprint density at radius 3 is 2.97 bits per heavy atom. The lowest BCUT2D eigenvalue weighted by molar-refractivity contribution is -0.119. The highest BCUT2D eigenvalue weighted by molar-refractivity contribution is 7.22. The number of morpholine rings is 1. The number of aromatic nitrogens is 4. The molecule has 0 radical (unpaired) electrons. The zero-order chi connectivity index (χ0) is 20.8. The molecule has 1 aromatic carbocycles. The Labute approximate surface area is 179 Å². The maximum atomic E-state index is 13.1. The fourth-order valence-electron chi connectivity index (χ4n) is 3.41. The molecule has 1 aliphatic rings. The molecule has 30 heavy (non-hydrogen) atoms. The molecule has 1 saturated heterocycles. The number of hydrogen-bond acceptors (Lipinski definition) is 8. The van der Waals surface area contributed by atoms with Crippen molar-refractivity contribution in [3.63, 3.8) is 0 Å². The molecule has 3 aromatic rings. The van der Waals surface area contributed by atoms with Gasteiger partial charge in [-0.3, -0.25) is 14.6 Å². The first-order chi connectivity index (χ1) is 14.7. The van der Waals surface area contributed by atoms with Crippen LogP contribution in [0.25, 0.3) is 10.2 Å². The zero-order valence-corrected chi connectivity index (χ0v) is 17.9. The Morgan fingerprint density at radius 2 is 2.20 bits per heavy atom. The van der Waals surface area contributed by atoms with Crippen LogP contribution in [0.2, 0.25) is 0 Å². The first-order valence-corrected chi connectivity index (χ1v) is 11.0. The van der Waals surface area contributed by atoms with E-state index in [9.17, 15) is 4.79 Å². The van der Waals surface area contributed by atoms with Gasteiger partial charge in [-0.15, -0.1) is 0 Å². The summed E-state index contributed by atoms with van der Waals surface area (Å²) in [6, 6.07) is 5.83. The predicted octanol–water partition coefficient (Wildman–Crippen LogP) is 2.04. The third-order valence-electron chi connectivity index (χ3n) is 4.92. The first-order valence-electron chi connectivity index (χ1n) is 10.2. The number of ether oxygens (including phenoxy) is 2. The number of thiazole rings is 1. The quantitative estimate of drug-likeness (QED) is 0.513. The molecule has 0 bridgehead atoms. The average molecular weight is 431 g/mol. The number of nitrogens with zero attached hydrogens (tertiary/aromatic N) is 6. The molecular weight excluding hydrogens is 404 g/mol. The summed E-state index contributed by atoms with van der Waals surface area (Å²) in [4.78, 5) is 25.9. The summed E-state index contributed by atoms with van der Waals surface area (Å²) in [5.41, 5.74) is 0.866. The topological polar surface area (TPSA) is 85.6 Å². The minimum Gasteiger partial charge on any atom is -0.494 e. The van der Waals surface area contributed by atoms with Crippen LogP contribution in [0.5, 0.6) is 5.75 Å². The lowest BCUT2D eigenvalue weighted by Crippen LogP contribution is -2.40. The third kappa shape index (κ3) is 5.13. The van der Waals surface area contributed by atoms with Crippen LogP contribution in [0, 0.1) is 0 Å². The molecular formula is C20H26N6O3S. The second-order valence-corrected chi connectivity index (χ2v) is 8.01. The molecule has 2 aromatic heterocycles. The smallest absolute Gasteiger partial charge is 0.250 e. The molecule has 0 atom stereocenters. The Hall–Kier alpha value is -2.56. The summed E-state index contributed by atoms with van der Waals surface area (Å²) in [5.74, 6) is 0.763. The van der Waals surface area contributed by atoms with Crippen LogP contribution in [0.15, 0.2) is 30.9 Å². The molecule has 9 nitrogen and oxygen atoms in total. The van der Waals surface area contributed by atoms with Crippen LogP contribution in [-0.2, 0) is 16.1 Å². The fraction of sp³-hybridized carbons (Fsp3) is 0.500. The summed E-state index contributed by atoms with van der Waals surface area (Å²) in [6.45, 7) is 7.66. The van der Waals surface area contributed by atoms with Crippen molar-refractivity contribution < 1.29 is 14.3 Å². The second-order valence-electron chi connectivity index (χ2n) is 7.00. The highest BCUT2D eigenvalue weighted by Gasteiger charge is 2.21. The van der Waals surface area contributed by atoms with Crippen molar-refractivity contribution in [2.75, 3.05) is 50.9 Å². The summed E-state index contributed by atoms with van der Waals surface area (Å²) < 4.78 is 13.6. The van der Waals surface area contributed by atoms with E-state index in [1.54, 1.807) is 11.2 Å². The summed E-state index contributed by atoms with van der Waals surface area (Å²) >= 11 is 1.51. The summed E-state index contributed by atoms with van der Waals surface area (Å²) in [6.07, 6.45) is 3.85. The lowest BCUT2D eigenvalue weighted by Gasteiger charge is -2.27. The SMILES string of the molecule is CCOc1ccc2nc(N(CCCN3CCOCC3)C(=O)Cn3cncn3)sc2c1. The molecule has 0 spiro atoms. The van der Waals surface area contributed by atoms with E-state index in [2.05, 4.69) is 15.0 Å². The van der Waals surface area contributed by atoms with Gasteiger partial charge in [-0.05, 0) is 31.5 Å². The molecule has 3 heterocycles. The van der Waals surface area contributed by atoms with E-state index in [1.165, 1.54) is 22.3 Å². The van der Waals surface area contributed by atoms with Gasteiger partial charge in [0.25, 0.3) is 5.91 Å². The minimum absolute atomic E-state index is 0.0495. The Morgan fingerprint density at radius 1 is 1.33 bits per heavy atom. The molecule has 1 aliphatic heterocycles. The molecule has 160 valence electrons. The van der Waals surface area contributed by atoms with Gasteiger partial charge in [0.1, 0.15) is 24.9 Å². The van der Waals surface area contributed by atoms with Crippen LogP contribution >= 0.6 is 11.3 Å². The molecule has 0 N–H and O–H groups in total. The predicted molar refractivity (Wildman–Crippen MR) is 115 cm³/mol. The highest BCUT2D eigenvalue weighted by atomic mass is 32.1. The first kappa shape index (κ1) is 20.7. The number of anilines is 1. The Bertz CT molecular complexity index is 955. The van der Waals surface area contributed by atoms with Crippen LogP contribution in [0.3, 0.4) is 0 Å². The van der Waals surface area contributed by atoms with E-state index in [4.69, 9.17) is 14.5 Å². The zero-order valence-electron chi connectivity index (χ0n) is 17.1. The third-order valence-corrected chi connectivity index (χ3v) is 5.96. The van der Waals surface area contributed by atoms with Gasteiger partial charge >= 0.3 is 0 Å². The molecule has 1 amide bonds. The van der Waals surface area contributed by atoms with Crippen molar-refractivity contribution in [3.05, 3.63) is 30.9 Å². The fourth-order valence-corrected chi connectivity index (χ4v) is 4.44. The molecule has 4 rings (SSSR count). The van der Waals surface area contributed by atoms with Crippen LogP contribution < -0.4 is 9.64 Å². The van der Waals surface area contributed by atoms with Gasteiger partial charge in [-0.1, -0.05) is 11.3 Å². The van der Waals surface area contributed by atoms with E-state index in [0.717, 1.165) is 55.2 Å². The van der Waals surface area contributed by atoms with Crippen molar-refractivity contribution in [2.24, 2.45) is 0 Å². The summed E-state index contributed by atoms with van der Waals surface area (Å²) in [5, 5.41) is 4.76. The monoisotopic (exact) mass is 430 g/mol. The maximum Gasteiger partial charge on any atom is 0.250 e. The van der Waals surface area contributed by atoms with Crippen molar-refractivity contribution in [1.29, 1.82) is 0 Å². The van der Waals surface area contributed by atoms with Gasteiger partial charge in [0.05, 0.1) is 30.0 Å². The van der Waals surface area contributed by atoms with Gasteiger partial charge in [-0.2, -0.15) is 5.10 Å². The van der Waals surface area contributed by atoms with E-state index >= 15 is 0 Å². The van der Waals surface area contributed by atoms with Crippen molar-refractivity contribution in [2.45, 2.75) is 19.9 Å². The number of amides is 1. The molecule has 0 aliphatic carbocycles. The number of benzene rings is 1. The van der Waals surface area contributed by atoms with Gasteiger partial charge in [0.2, 0.25) is 0 Å². The number of rotatable bonds is 9. The molecule has 10 heteroatoms. The maximum absolute atomic E-state index is 13.1. The van der Waals surface area contributed by atoms with E-state index in [-0.39, 0.29) is 12.5 Å². The Kier molecular flexibility index (Phi) is 6.88. The standard InChI is InChI=1S/C20H26N6O3S/c1-2-29-16-4-5-17-18(12-16)30-20(23-17)26(19(27)13-25-15-21-14-22-25)7-3-6-24-8-10-28-11-9-24/h4-5,12,14-15H,2-3,6-11,13H2,1H3. The minimum atomic E-state index is -0.0495. The molecule has 0 unspecified atom stereocenters. The van der Waals surface area contributed by atoms with Crippen molar-refractivity contribution >= 4 is 32.6 Å². The van der Waals surface area contributed by atoms with Gasteiger partial charge in [0.15, 0.2) is 5.13 Å². The van der Waals surface area contributed by atoms with Crippen LogP contribution in [-0.4, -0.2) is 76.6 Å².